The molecule has 0 aromatic heterocycles. The second-order valence-electron chi connectivity index (χ2n) is 6.99. The Bertz CT molecular complexity index is 1210. The standard InChI is InChI=1S/C24H24FN3O4S/c1-3-32-22-13-15-23(16-14-22)33(30,31)28(21-7-5-4-6-8-21)17-24(29)27-26-18(2)19-9-11-20(25)12-10-19/h4-16H,3,17H2,1-2H3,(H,27,29)/b26-18-. The Hall–Kier alpha value is -3.72. The van der Waals surface area contributed by atoms with Gasteiger partial charge in [0.05, 0.1) is 22.9 Å². The summed E-state index contributed by atoms with van der Waals surface area (Å²) in [6, 6.07) is 20.0. The predicted octanol–water partition coefficient (Wildman–Crippen LogP) is 3.96. The fourth-order valence-electron chi connectivity index (χ4n) is 2.98. The number of nitrogens with zero attached hydrogens (tertiary/aromatic N) is 2. The van der Waals surface area contributed by atoms with Gasteiger partial charge < -0.3 is 4.74 Å². The molecule has 0 saturated heterocycles. The van der Waals surface area contributed by atoms with Crippen molar-refractivity contribution in [2.24, 2.45) is 5.10 Å². The van der Waals surface area contributed by atoms with Gasteiger partial charge in [-0.1, -0.05) is 30.3 Å². The molecule has 0 atom stereocenters. The first-order chi connectivity index (χ1) is 15.8. The van der Waals surface area contributed by atoms with Crippen LogP contribution in [0.15, 0.2) is 88.9 Å². The maximum absolute atomic E-state index is 13.4. The number of benzene rings is 3. The average molecular weight is 470 g/mol. The lowest BCUT2D eigenvalue weighted by atomic mass is 10.1. The van der Waals surface area contributed by atoms with Crippen molar-refractivity contribution in [3.8, 4) is 5.75 Å². The van der Waals surface area contributed by atoms with Gasteiger partial charge in [-0.3, -0.25) is 9.10 Å². The van der Waals surface area contributed by atoms with Crippen LogP contribution in [0.5, 0.6) is 5.75 Å². The first-order valence-corrected chi connectivity index (χ1v) is 11.6. The first-order valence-electron chi connectivity index (χ1n) is 10.2. The molecule has 33 heavy (non-hydrogen) atoms. The van der Waals surface area contributed by atoms with Gasteiger partial charge in [0.15, 0.2) is 0 Å². The van der Waals surface area contributed by atoms with Gasteiger partial charge in [0.1, 0.15) is 18.1 Å². The van der Waals surface area contributed by atoms with Crippen LogP contribution >= 0.6 is 0 Å². The van der Waals surface area contributed by atoms with Crippen LogP contribution in [0.4, 0.5) is 10.1 Å². The summed E-state index contributed by atoms with van der Waals surface area (Å²) in [5, 5.41) is 4.01. The van der Waals surface area contributed by atoms with Gasteiger partial charge in [-0.2, -0.15) is 5.10 Å². The molecule has 1 N–H and O–H groups in total. The van der Waals surface area contributed by atoms with E-state index in [2.05, 4.69) is 10.5 Å². The Balaban J connectivity index is 1.83. The van der Waals surface area contributed by atoms with Gasteiger partial charge in [0.25, 0.3) is 15.9 Å². The van der Waals surface area contributed by atoms with Crippen molar-refractivity contribution < 1.29 is 22.3 Å². The number of anilines is 1. The van der Waals surface area contributed by atoms with Crippen molar-refractivity contribution in [3.63, 3.8) is 0 Å². The number of carbonyl (C=O) groups excluding carboxylic acids is 1. The van der Waals surface area contributed by atoms with Gasteiger partial charge in [0.2, 0.25) is 0 Å². The Kier molecular flexibility index (Phi) is 7.78. The average Bonchev–Trinajstić information content (AvgIpc) is 2.82. The van der Waals surface area contributed by atoms with Gasteiger partial charge in [-0.25, -0.2) is 18.2 Å². The molecule has 0 radical (unpaired) electrons. The van der Waals surface area contributed by atoms with Crippen LogP contribution in [0, 0.1) is 5.82 Å². The molecule has 0 aliphatic rings. The molecule has 172 valence electrons. The zero-order chi connectivity index (χ0) is 23.8. The largest absolute Gasteiger partial charge is 0.494 e. The second kappa shape index (κ2) is 10.7. The maximum atomic E-state index is 13.4. The van der Waals surface area contributed by atoms with E-state index in [0.29, 0.717) is 29.3 Å². The molecule has 0 bridgehead atoms. The van der Waals surface area contributed by atoms with Gasteiger partial charge in [-0.15, -0.1) is 0 Å². The highest BCUT2D eigenvalue weighted by molar-refractivity contribution is 7.92. The summed E-state index contributed by atoms with van der Waals surface area (Å²) in [4.78, 5) is 12.7. The molecule has 3 aromatic carbocycles. The number of para-hydroxylation sites is 1. The van der Waals surface area contributed by atoms with Crippen LogP contribution in [0.25, 0.3) is 0 Å². The van der Waals surface area contributed by atoms with Crippen LogP contribution in [-0.2, 0) is 14.8 Å². The number of hydrogen-bond donors (Lipinski definition) is 1. The summed E-state index contributed by atoms with van der Waals surface area (Å²) in [6.45, 7) is 3.46. The minimum atomic E-state index is -4.05. The first kappa shape index (κ1) is 23.9. The molecule has 0 spiro atoms. The van der Waals surface area contributed by atoms with Crippen molar-refractivity contribution in [2.45, 2.75) is 18.7 Å². The molecule has 7 nitrogen and oxygen atoms in total. The minimum absolute atomic E-state index is 0.0219. The van der Waals surface area contributed by atoms with E-state index in [0.717, 1.165) is 4.31 Å². The molecule has 9 heteroatoms. The molecule has 3 rings (SSSR count). The smallest absolute Gasteiger partial charge is 0.264 e. The zero-order valence-electron chi connectivity index (χ0n) is 18.2. The highest BCUT2D eigenvalue weighted by atomic mass is 32.2. The highest BCUT2D eigenvalue weighted by Crippen LogP contribution is 2.25. The third-order valence-corrected chi connectivity index (χ3v) is 6.45. The zero-order valence-corrected chi connectivity index (χ0v) is 19.0. The van der Waals surface area contributed by atoms with Crippen LogP contribution in [-0.4, -0.2) is 33.2 Å². The number of sulfonamides is 1. The van der Waals surface area contributed by atoms with Crippen LogP contribution in [0.2, 0.25) is 0 Å². The van der Waals surface area contributed by atoms with E-state index in [-0.39, 0.29) is 10.7 Å². The van der Waals surface area contributed by atoms with E-state index in [1.165, 1.54) is 36.4 Å². The van der Waals surface area contributed by atoms with E-state index >= 15 is 0 Å². The second-order valence-corrected chi connectivity index (χ2v) is 8.85. The van der Waals surface area contributed by atoms with E-state index in [1.54, 1.807) is 49.4 Å². The maximum Gasteiger partial charge on any atom is 0.264 e. The topological polar surface area (TPSA) is 88.1 Å². The van der Waals surface area contributed by atoms with E-state index < -0.39 is 22.5 Å². The number of amides is 1. The van der Waals surface area contributed by atoms with Crippen molar-refractivity contribution in [3.05, 3.63) is 90.2 Å². The van der Waals surface area contributed by atoms with Crippen LogP contribution in [0.3, 0.4) is 0 Å². The molecule has 0 aliphatic heterocycles. The fourth-order valence-corrected chi connectivity index (χ4v) is 4.40. The van der Waals surface area contributed by atoms with Crippen molar-refractivity contribution >= 4 is 27.3 Å². The lowest BCUT2D eigenvalue weighted by Crippen LogP contribution is -2.39. The minimum Gasteiger partial charge on any atom is -0.494 e. The molecular formula is C24H24FN3O4S. The van der Waals surface area contributed by atoms with Gasteiger partial charge >= 0.3 is 0 Å². The van der Waals surface area contributed by atoms with Crippen LogP contribution < -0.4 is 14.5 Å². The summed E-state index contributed by atoms with van der Waals surface area (Å²) in [7, 11) is -4.05. The number of ether oxygens (including phenoxy) is 1. The summed E-state index contributed by atoms with van der Waals surface area (Å²) in [5.74, 6) is -0.463. The quantitative estimate of drug-likeness (QED) is 0.380. The van der Waals surface area contributed by atoms with E-state index in [1.807, 2.05) is 6.92 Å². The Morgan fingerprint density at radius 2 is 1.64 bits per heavy atom. The fraction of sp³-hybridized carbons (Fsp3) is 0.167. The summed E-state index contributed by atoms with van der Waals surface area (Å²) in [6.07, 6.45) is 0. The molecule has 0 aliphatic carbocycles. The molecule has 1 amide bonds. The lowest BCUT2D eigenvalue weighted by molar-refractivity contribution is -0.119. The third kappa shape index (κ3) is 6.17. The Labute approximate surface area is 192 Å². The van der Waals surface area contributed by atoms with Gasteiger partial charge in [-0.05, 0) is 67.9 Å². The summed E-state index contributed by atoms with van der Waals surface area (Å²) < 4.78 is 46.2. The Morgan fingerprint density at radius 1 is 1.00 bits per heavy atom. The molecule has 0 unspecified atom stereocenters. The number of hydrogen-bond acceptors (Lipinski definition) is 5. The van der Waals surface area contributed by atoms with Crippen LogP contribution in [0.1, 0.15) is 19.4 Å². The molecular weight excluding hydrogens is 445 g/mol. The normalized spacial score (nSPS) is 11.7. The Morgan fingerprint density at radius 3 is 2.24 bits per heavy atom. The number of nitrogens with one attached hydrogen (secondary N) is 1. The monoisotopic (exact) mass is 469 g/mol. The third-order valence-electron chi connectivity index (χ3n) is 4.66. The number of hydrazone groups is 1. The predicted molar refractivity (Wildman–Crippen MR) is 125 cm³/mol. The molecule has 0 heterocycles. The molecule has 3 aromatic rings. The van der Waals surface area contributed by atoms with E-state index in [9.17, 15) is 17.6 Å². The summed E-state index contributed by atoms with van der Waals surface area (Å²) >= 11 is 0. The number of rotatable bonds is 9. The summed E-state index contributed by atoms with van der Waals surface area (Å²) in [5.41, 5.74) is 3.78. The van der Waals surface area contributed by atoms with Gasteiger partial charge in [0, 0.05) is 0 Å². The highest BCUT2D eigenvalue weighted by Gasteiger charge is 2.27. The van der Waals surface area contributed by atoms with Crippen molar-refractivity contribution in [2.75, 3.05) is 17.5 Å². The molecule has 0 fully saturated rings. The van der Waals surface area contributed by atoms with Crippen molar-refractivity contribution in [1.29, 1.82) is 0 Å². The number of halogens is 1. The number of carbonyl (C=O) groups is 1. The lowest BCUT2D eigenvalue weighted by Gasteiger charge is -2.23. The SMILES string of the molecule is CCOc1ccc(S(=O)(=O)N(CC(=O)N/N=C(/C)c2ccc(F)cc2)c2ccccc2)cc1. The molecule has 0 saturated carbocycles. The van der Waals surface area contributed by atoms with E-state index in [4.69, 9.17) is 4.74 Å². The van der Waals surface area contributed by atoms with Crippen molar-refractivity contribution in [1.82, 2.24) is 5.43 Å².